The van der Waals surface area contributed by atoms with Crippen LogP contribution in [0.15, 0.2) is 200 Å². The van der Waals surface area contributed by atoms with Crippen molar-refractivity contribution in [2.24, 2.45) is 0 Å². The van der Waals surface area contributed by atoms with Crippen molar-refractivity contribution in [3.05, 3.63) is 217 Å². The summed E-state index contributed by atoms with van der Waals surface area (Å²) in [5, 5.41) is 2.62. The molecule has 0 spiro atoms. The highest BCUT2D eigenvalue weighted by atomic mass is 32.1. The molecule has 2 nitrogen and oxygen atoms in total. The van der Waals surface area contributed by atoms with Gasteiger partial charge in [-0.25, -0.2) is 9.97 Å². The van der Waals surface area contributed by atoms with E-state index in [1.54, 1.807) is 0 Å². The van der Waals surface area contributed by atoms with Gasteiger partial charge >= 0.3 is 0 Å². The first kappa shape index (κ1) is 33.4. The van der Waals surface area contributed by atoms with Gasteiger partial charge in [-0.15, -0.1) is 11.3 Å². The van der Waals surface area contributed by atoms with Crippen molar-refractivity contribution in [3.8, 4) is 67.3 Å². The zero-order valence-corrected chi connectivity index (χ0v) is 32.2. The molecule has 0 unspecified atom stereocenters. The SMILES string of the molecule is CC1(c2cccc(-c3ccccc3-c3cc(-c4ccc(-c5cccc6c5sc5ccccc56)cc4)nc(-c4ccccc4)n3)c2)c2ccccc2-c2ccccc21. The predicted octanol–water partition coefficient (Wildman–Crippen LogP) is 14.5. The molecule has 1 aliphatic carbocycles. The highest BCUT2D eigenvalue weighted by molar-refractivity contribution is 7.26. The van der Waals surface area contributed by atoms with Crippen LogP contribution in [0.5, 0.6) is 0 Å². The van der Waals surface area contributed by atoms with Gasteiger partial charge in [-0.2, -0.15) is 0 Å². The number of hydrogen-bond donors (Lipinski definition) is 0. The second-order valence-corrected chi connectivity index (χ2v) is 16.1. The van der Waals surface area contributed by atoms with E-state index in [1.165, 1.54) is 59.1 Å². The second-order valence-electron chi connectivity index (χ2n) is 15.0. The maximum atomic E-state index is 5.27. The maximum Gasteiger partial charge on any atom is 0.160 e. The molecule has 3 heteroatoms. The molecule has 0 aliphatic heterocycles. The van der Waals surface area contributed by atoms with Gasteiger partial charge in [0.25, 0.3) is 0 Å². The van der Waals surface area contributed by atoms with Crippen molar-refractivity contribution in [1.29, 1.82) is 0 Å². The average molecular weight is 745 g/mol. The molecule has 0 fully saturated rings. The van der Waals surface area contributed by atoms with Gasteiger partial charge in [-0.05, 0) is 75.2 Å². The average Bonchev–Trinajstić information content (AvgIpc) is 3.80. The molecule has 0 bridgehead atoms. The Kier molecular flexibility index (Phi) is 7.84. The van der Waals surface area contributed by atoms with Gasteiger partial charge in [-0.1, -0.05) is 182 Å². The van der Waals surface area contributed by atoms with Gasteiger partial charge in [0.05, 0.1) is 11.4 Å². The highest BCUT2D eigenvalue weighted by Gasteiger charge is 2.40. The molecular weight excluding hydrogens is 709 g/mol. The summed E-state index contributed by atoms with van der Waals surface area (Å²) in [4.78, 5) is 10.5. The van der Waals surface area contributed by atoms with E-state index in [2.05, 4.69) is 189 Å². The molecule has 2 heterocycles. The van der Waals surface area contributed by atoms with Gasteiger partial charge in [0.2, 0.25) is 0 Å². The third-order valence-electron chi connectivity index (χ3n) is 11.8. The van der Waals surface area contributed by atoms with Crippen LogP contribution >= 0.6 is 11.3 Å². The monoisotopic (exact) mass is 744 g/mol. The van der Waals surface area contributed by atoms with E-state index in [-0.39, 0.29) is 5.41 Å². The summed E-state index contributed by atoms with van der Waals surface area (Å²) in [5.74, 6) is 0.706. The predicted molar refractivity (Wildman–Crippen MR) is 240 cm³/mol. The summed E-state index contributed by atoms with van der Waals surface area (Å²) >= 11 is 1.86. The number of thiophene rings is 1. The van der Waals surface area contributed by atoms with Crippen molar-refractivity contribution in [1.82, 2.24) is 9.97 Å². The number of benzene rings is 8. The zero-order valence-electron chi connectivity index (χ0n) is 31.4. The minimum Gasteiger partial charge on any atom is -0.228 e. The molecule has 0 amide bonds. The lowest BCUT2D eigenvalue weighted by molar-refractivity contribution is 0.714. The fourth-order valence-corrected chi connectivity index (χ4v) is 10.2. The fraction of sp³-hybridized carbons (Fsp3) is 0.0370. The Morgan fingerprint density at radius 1 is 0.386 bits per heavy atom. The van der Waals surface area contributed by atoms with E-state index in [1.807, 2.05) is 29.5 Å². The van der Waals surface area contributed by atoms with Crippen LogP contribution < -0.4 is 0 Å². The van der Waals surface area contributed by atoms with Crippen LogP contribution in [-0.4, -0.2) is 9.97 Å². The summed E-state index contributed by atoms with van der Waals surface area (Å²) in [7, 11) is 0. The van der Waals surface area contributed by atoms with Crippen molar-refractivity contribution in [2.45, 2.75) is 12.3 Å². The third kappa shape index (κ3) is 5.46. The molecule has 0 N–H and O–H groups in total. The van der Waals surface area contributed by atoms with Gasteiger partial charge in [-0.3, -0.25) is 0 Å². The summed E-state index contributed by atoms with van der Waals surface area (Å²) in [6, 6.07) is 72.2. The van der Waals surface area contributed by atoms with Crippen LogP contribution in [0.2, 0.25) is 0 Å². The van der Waals surface area contributed by atoms with Crippen LogP contribution in [0.3, 0.4) is 0 Å². The quantitative estimate of drug-likeness (QED) is 0.169. The Labute approximate surface area is 336 Å². The first-order valence-corrected chi connectivity index (χ1v) is 20.3. The number of rotatable bonds is 6. The Bertz CT molecular complexity index is 3090. The van der Waals surface area contributed by atoms with Crippen LogP contribution in [0.1, 0.15) is 23.6 Å². The minimum absolute atomic E-state index is 0.282. The number of fused-ring (bicyclic) bond motifs is 6. The van der Waals surface area contributed by atoms with E-state index in [0.717, 1.165) is 39.2 Å². The largest absolute Gasteiger partial charge is 0.228 e. The molecule has 0 radical (unpaired) electrons. The van der Waals surface area contributed by atoms with Gasteiger partial charge in [0.15, 0.2) is 5.82 Å². The van der Waals surface area contributed by atoms with Crippen molar-refractivity contribution >= 4 is 31.5 Å². The number of nitrogens with zero attached hydrogens (tertiary/aromatic N) is 2. The molecule has 11 rings (SSSR count). The Morgan fingerprint density at radius 2 is 0.947 bits per heavy atom. The van der Waals surface area contributed by atoms with E-state index in [4.69, 9.17) is 9.97 Å². The molecule has 0 saturated carbocycles. The lowest BCUT2D eigenvalue weighted by Gasteiger charge is -2.29. The number of hydrogen-bond acceptors (Lipinski definition) is 3. The van der Waals surface area contributed by atoms with Crippen LogP contribution in [0.4, 0.5) is 0 Å². The first-order chi connectivity index (χ1) is 28.1. The molecular formula is C54H36N2S. The van der Waals surface area contributed by atoms with E-state index < -0.39 is 0 Å². The van der Waals surface area contributed by atoms with Crippen molar-refractivity contribution < 1.29 is 0 Å². The minimum atomic E-state index is -0.282. The second kappa shape index (κ2) is 13.4. The van der Waals surface area contributed by atoms with Crippen LogP contribution in [0.25, 0.3) is 87.5 Å². The number of aromatic nitrogens is 2. The van der Waals surface area contributed by atoms with E-state index in [9.17, 15) is 0 Å². The van der Waals surface area contributed by atoms with Crippen LogP contribution in [0, 0.1) is 0 Å². The summed E-state index contributed by atoms with van der Waals surface area (Å²) in [5.41, 5.74) is 15.9. The lowest BCUT2D eigenvalue weighted by atomic mass is 9.73. The smallest absolute Gasteiger partial charge is 0.160 e. The summed E-state index contributed by atoms with van der Waals surface area (Å²) < 4.78 is 2.63. The molecule has 8 aromatic carbocycles. The van der Waals surface area contributed by atoms with Gasteiger partial charge in [0.1, 0.15) is 0 Å². The lowest BCUT2D eigenvalue weighted by Crippen LogP contribution is -2.22. The molecule has 10 aromatic rings. The molecule has 57 heavy (non-hydrogen) atoms. The summed E-state index contributed by atoms with van der Waals surface area (Å²) in [6.07, 6.45) is 0. The van der Waals surface area contributed by atoms with Crippen LogP contribution in [-0.2, 0) is 5.41 Å². The Hall–Kier alpha value is -6.94. The summed E-state index contributed by atoms with van der Waals surface area (Å²) in [6.45, 7) is 2.37. The third-order valence-corrected chi connectivity index (χ3v) is 13.0. The Morgan fingerprint density at radius 3 is 1.72 bits per heavy atom. The molecule has 1 aliphatic rings. The maximum absolute atomic E-state index is 5.27. The van der Waals surface area contributed by atoms with E-state index in [0.29, 0.717) is 5.82 Å². The highest BCUT2D eigenvalue weighted by Crippen LogP contribution is 2.52. The zero-order chi connectivity index (χ0) is 37.9. The van der Waals surface area contributed by atoms with E-state index >= 15 is 0 Å². The fourth-order valence-electron chi connectivity index (χ4n) is 8.96. The van der Waals surface area contributed by atoms with Gasteiger partial charge < -0.3 is 0 Å². The molecule has 268 valence electrons. The Balaban J connectivity index is 1.02. The first-order valence-electron chi connectivity index (χ1n) is 19.5. The molecule has 0 saturated heterocycles. The molecule has 0 atom stereocenters. The molecule has 2 aromatic heterocycles. The van der Waals surface area contributed by atoms with Crippen molar-refractivity contribution in [3.63, 3.8) is 0 Å². The normalized spacial score (nSPS) is 12.8. The standard InChI is InChI=1S/C54H36N2S/c1-54(47-26-10-7-20-42(47)43-21-8-11-27-48(43)54)39-18-13-17-38(33-39)40-19-5-6-22-44(40)50-34-49(55-53(56-50)37-15-3-2-4-16-37)36-31-29-35(30-32-36)41-24-14-25-46-45-23-9-12-28-51(45)57-52(41)46/h2-34H,1H3. The van der Waals surface area contributed by atoms with Crippen molar-refractivity contribution in [2.75, 3.05) is 0 Å². The topological polar surface area (TPSA) is 25.8 Å². The van der Waals surface area contributed by atoms with Gasteiger partial charge in [0, 0.05) is 42.3 Å².